The molecule has 0 spiro atoms. The molecule has 0 aromatic rings. The number of allylic oxidation sites excluding steroid dienone is 1. The average molecular weight is 319 g/mol. The van der Waals surface area contributed by atoms with E-state index in [1.807, 2.05) is 0 Å². The van der Waals surface area contributed by atoms with E-state index in [4.69, 9.17) is 4.74 Å². The predicted molar refractivity (Wildman–Crippen MR) is 98.5 cm³/mol. The van der Waals surface area contributed by atoms with E-state index in [1.165, 1.54) is 77.0 Å². The SMILES string of the molecule is C=CC1CCC(OCC2CCC(C3CCC(C)CC3)CC2)CC1. The molecule has 0 atom stereocenters. The molecule has 0 N–H and O–H groups in total. The third kappa shape index (κ3) is 5.08. The molecule has 0 heterocycles. The van der Waals surface area contributed by atoms with E-state index in [9.17, 15) is 0 Å². The Morgan fingerprint density at radius 3 is 1.91 bits per heavy atom. The quantitative estimate of drug-likeness (QED) is 0.534. The molecule has 3 saturated carbocycles. The Bertz CT molecular complexity index is 339. The summed E-state index contributed by atoms with van der Waals surface area (Å²) in [4.78, 5) is 0. The van der Waals surface area contributed by atoms with Gasteiger partial charge in [0.2, 0.25) is 0 Å². The zero-order valence-electron chi connectivity index (χ0n) is 15.3. The molecule has 3 aliphatic rings. The maximum Gasteiger partial charge on any atom is 0.0575 e. The summed E-state index contributed by atoms with van der Waals surface area (Å²) >= 11 is 0. The van der Waals surface area contributed by atoms with Crippen molar-refractivity contribution in [2.45, 2.75) is 90.1 Å². The lowest BCUT2D eigenvalue weighted by atomic mass is 9.69. The van der Waals surface area contributed by atoms with Crippen molar-refractivity contribution in [2.24, 2.45) is 29.6 Å². The van der Waals surface area contributed by atoms with Crippen LogP contribution in [0, 0.1) is 29.6 Å². The van der Waals surface area contributed by atoms with Crippen molar-refractivity contribution in [1.82, 2.24) is 0 Å². The summed E-state index contributed by atoms with van der Waals surface area (Å²) in [6, 6.07) is 0. The van der Waals surface area contributed by atoms with Crippen molar-refractivity contribution in [2.75, 3.05) is 6.61 Å². The smallest absolute Gasteiger partial charge is 0.0575 e. The van der Waals surface area contributed by atoms with Crippen molar-refractivity contribution in [3.63, 3.8) is 0 Å². The minimum absolute atomic E-state index is 0.545. The van der Waals surface area contributed by atoms with E-state index in [2.05, 4.69) is 19.6 Å². The maximum atomic E-state index is 6.28. The van der Waals surface area contributed by atoms with E-state index < -0.39 is 0 Å². The zero-order valence-corrected chi connectivity index (χ0v) is 15.3. The molecule has 132 valence electrons. The third-order valence-corrected chi connectivity index (χ3v) is 7.24. The van der Waals surface area contributed by atoms with Crippen LogP contribution in [0.15, 0.2) is 12.7 Å². The van der Waals surface area contributed by atoms with Gasteiger partial charge in [-0.15, -0.1) is 6.58 Å². The summed E-state index contributed by atoms with van der Waals surface area (Å²) in [6.45, 7) is 7.41. The van der Waals surface area contributed by atoms with Gasteiger partial charge >= 0.3 is 0 Å². The van der Waals surface area contributed by atoms with Gasteiger partial charge in [0.25, 0.3) is 0 Å². The Morgan fingerprint density at radius 1 is 0.783 bits per heavy atom. The molecule has 0 saturated heterocycles. The Kier molecular flexibility index (Phi) is 6.62. The van der Waals surface area contributed by atoms with Gasteiger partial charge in [-0.1, -0.05) is 25.8 Å². The van der Waals surface area contributed by atoms with Crippen LogP contribution in [0.1, 0.15) is 84.0 Å². The van der Waals surface area contributed by atoms with Gasteiger partial charge in [-0.3, -0.25) is 0 Å². The summed E-state index contributed by atoms with van der Waals surface area (Å²) in [6.07, 6.45) is 19.6. The molecular weight excluding hydrogens is 280 g/mol. The fraction of sp³-hybridized carbons (Fsp3) is 0.909. The first-order valence-electron chi connectivity index (χ1n) is 10.5. The van der Waals surface area contributed by atoms with Crippen LogP contribution >= 0.6 is 0 Å². The molecular formula is C22H38O. The zero-order chi connectivity index (χ0) is 16.1. The Balaban J connectivity index is 1.31. The van der Waals surface area contributed by atoms with Crippen molar-refractivity contribution in [3.8, 4) is 0 Å². The lowest BCUT2D eigenvalue weighted by Crippen LogP contribution is -2.28. The highest BCUT2D eigenvalue weighted by Crippen LogP contribution is 2.41. The Morgan fingerprint density at radius 2 is 1.35 bits per heavy atom. The monoisotopic (exact) mass is 318 g/mol. The molecule has 1 nitrogen and oxygen atoms in total. The fourth-order valence-corrected chi connectivity index (χ4v) is 5.35. The molecule has 3 fully saturated rings. The van der Waals surface area contributed by atoms with Crippen molar-refractivity contribution in [3.05, 3.63) is 12.7 Å². The molecule has 0 amide bonds. The van der Waals surface area contributed by atoms with Gasteiger partial charge in [0.1, 0.15) is 0 Å². The van der Waals surface area contributed by atoms with Gasteiger partial charge in [-0.2, -0.15) is 0 Å². The first-order chi connectivity index (χ1) is 11.2. The van der Waals surface area contributed by atoms with Crippen LogP contribution < -0.4 is 0 Å². The van der Waals surface area contributed by atoms with Crippen LogP contribution in [0.2, 0.25) is 0 Å². The molecule has 1 heteroatoms. The lowest BCUT2D eigenvalue weighted by molar-refractivity contribution is -0.00932. The molecule has 3 rings (SSSR count). The number of rotatable bonds is 5. The van der Waals surface area contributed by atoms with Gasteiger partial charge in [0.05, 0.1) is 6.10 Å². The second kappa shape index (κ2) is 8.70. The fourth-order valence-electron chi connectivity index (χ4n) is 5.35. The first kappa shape index (κ1) is 17.5. The van der Waals surface area contributed by atoms with Gasteiger partial charge in [-0.25, -0.2) is 0 Å². The summed E-state index contributed by atoms with van der Waals surface area (Å²) in [7, 11) is 0. The summed E-state index contributed by atoms with van der Waals surface area (Å²) in [5.41, 5.74) is 0. The first-order valence-corrected chi connectivity index (χ1v) is 10.5. The lowest BCUT2D eigenvalue weighted by Gasteiger charge is -2.37. The summed E-state index contributed by atoms with van der Waals surface area (Å²) in [5.74, 6) is 4.70. The van der Waals surface area contributed by atoms with Gasteiger partial charge in [-0.05, 0) is 93.8 Å². The minimum Gasteiger partial charge on any atom is -0.378 e. The third-order valence-electron chi connectivity index (χ3n) is 7.24. The normalized spacial score (nSPS) is 42.3. The van der Waals surface area contributed by atoms with E-state index in [1.54, 1.807) is 0 Å². The molecule has 0 unspecified atom stereocenters. The second-order valence-corrected chi connectivity index (χ2v) is 8.91. The second-order valence-electron chi connectivity index (χ2n) is 8.91. The molecule has 0 aromatic heterocycles. The van der Waals surface area contributed by atoms with Crippen molar-refractivity contribution >= 4 is 0 Å². The van der Waals surface area contributed by atoms with Crippen LogP contribution in [0.5, 0.6) is 0 Å². The number of hydrogen-bond acceptors (Lipinski definition) is 1. The highest BCUT2D eigenvalue weighted by atomic mass is 16.5. The largest absolute Gasteiger partial charge is 0.378 e. The van der Waals surface area contributed by atoms with Crippen LogP contribution in [0.3, 0.4) is 0 Å². The van der Waals surface area contributed by atoms with Crippen LogP contribution in [-0.2, 0) is 4.74 Å². The van der Waals surface area contributed by atoms with Gasteiger partial charge in [0.15, 0.2) is 0 Å². The van der Waals surface area contributed by atoms with Crippen LogP contribution in [0.4, 0.5) is 0 Å². The van der Waals surface area contributed by atoms with E-state index in [0.717, 1.165) is 36.2 Å². The van der Waals surface area contributed by atoms with Crippen molar-refractivity contribution in [1.29, 1.82) is 0 Å². The molecule has 0 aromatic carbocycles. The molecule has 0 aliphatic heterocycles. The number of hydrogen-bond donors (Lipinski definition) is 0. The van der Waals surface area contributed by atoms with Gasteiger partial charge < -0.3 is 4.74 Å². The highest BCUT2D eigenvalue weighted by molar-refractivity contribution is 4.85. The average Bonchev–Trinajstić information content (AvgIpc) is 2.61. The van der Waals surface area contributed by atoms with Gasteiger partial charge in [0, 0.05) is 6.61 Å². The van der Waals surface area contributed by atoms with Crippen LogP contribution in [0.25, 0.3) is 0 Å². The van der Waals surface area contributed by atoms with E-state index >= 15 is 0 Å². The summed E-state index contributed by atoms with van der Waals surface area (Å²) < 4.78 is 6.28. The molecule has 3 aliphatic carbocycles. The molecule has 0 bridgehead atoms. The molecule has 0 radical (unpaired) electrons. The Labute approximate surface area is 144 Å². The Hall–Kier alpha value is -0.300. The maximum absolute atomic E-state index is 6.28. The van der Waals surface area contributed by atoms with E-state index in [0.29, 0.717) is 6.10 Å². The molecule has 23 heavy (non-hydrogen) atoms. The van der Waals surface area contributed by atoms with Crippen molar-refractivity contribution < 1.29 is 4.74 Å². The topological polar surface area (TPSA) is 9.23 Å². The summed E-state index contributed by atoms with van der Waals surface area (Å²) in [5, 5.41) is 0. The number of ether oxygens (including phenoxy) is 1. The van der Waals surface area contributed by atoms with Crippen LogP contribution in [-0.4, -0.2) is 12.7 Å². The van der Waals surface area contributed by atoms with E-state index in [-0.39, 0.29) is 0 Å². The minimum atomic E-state index is 0.545. The standard InChI is InChI=1S/C22H38O/c1-3-18-8-14-22(15-9-18)23-16-19-6-12-21(13-7-19)20-10-4-17(2)5-11-20/h3,17-22H,1,4-16H2,2H3. The highest BCUT2D eigenvalue weighted by Gasteiger charge is 2.30. The predicted octanol–water partition coefficient (Wildman–Crippen LogP) is 6.38.